The van der Waals surface area contributed by atoms with Gasteiger partial charge in [0.25, 0.3) is 0 Å². The predicted molar refractivity (Wildman–Crippen MR) is 74.9 cm³/mol. The molecule has 3 rings (SSSR count). The molecule has 0 bridgehead atoms. The Morgan fingerprint density at radius 2 is 2.11 bits per heavy atom. The van der Waals surface area contributed by atoms with Crippen LogP contribution in [0.1, 0.15) is 31.4 Å². The number of benzene rings is 1. The molecule has 104 valence electrons. The number of fused-ring (bicyclic) bond motifs is 1. The van der Waals surface area contributed by atoms with Crippen LogP contribution in [0, 0.1) is 0 Å². The first-order chi connectivity index (χ1) is 9.33. The smallest absolute Gasteiger partial charge is 0.161 e. The zero-order chi connectivity index (χ0) is 13.1. The van der Waals surface area contributed by atoms with Crippen molar-refractivity contribution < 1.29 is 9.47 Å². The van der Waals surface area contributed by atoms with Crippen molar-refractivity contribution >= 4 is 0 Å². The van der Waals surface area contributed by atoms with E-state index in [0.717, 1.165) is 24.6 Å². The normalized spacial score (nSPS) is 23.9. The fraction of sp³-hybridized carbons (Fsp3) is 0.600. The van der Waals surface area contributed by atoms with Gasteiger partial charge in [-0.25, -0.2) is 0 Å². The van der Waals surface area contributed by atoms with Gasteiger partial charge in [0.05, 0.1) is 0 Å². The molecule has 0 spiro atoms. The highest BCUT2D eigenvalue weighted by Crippen LogP contribution is 2.32. The van der Waals surface area contributed by atoms with E-state index in [2.05, 4.69) is 29.7 Å². The van der Waals surface area contributed by atoms with Crippen molar-refractivity contribution in [2.45, 2.75) is 31.8 Å². The second-order valence-electron chi connectivity index (χ2n) is 5.33. The third-order valence-electron chi connectivity index (χ3n) is 3.85. The van der Waals surface area contributed by atoms with Gasteiger partial charge in [-0.15, -0.1) is 0 Å². The molecule has 1 saturated heterocycles. The summed E-state index contributed by atoms with van der Waals surface area (Å²) in [6, 6.07) is 7.14. The van der Waals surface area contributed by atoms with Gasteiger partial charge in [-0.2, -0.15) is 0 Å². The molecule has 4 nitrogen and oxygen atoms in total. The molecule has 1 aromatic carbocycles. The van der Waals surface area contributed by atoms with Crippen LogP contribution in [0.15, 0.2) is 18.2 Å². The molecule has 0 aliphatic carbocycles. The summed E-state index contributed by atoms with van der Waals surface area (Å²) in [5.41, 5.74) is 1.26. The molecular weight excluding hydrogens is 240 g/mol. The molecule has 0 radical (unpaired) electrons. The standard InChI is InChI=1S/C15H22N2O2/c1-11(17-13-3-2-6-16-10-13)12-4-5-14-15(9-12)19-8-7-18-14/h4-5,9,11,13,16-17H,2-3,6-8,10H2,1H3. The maximum Gasteiger partial charge on any atom is 0.161 e. The highest BCUT2D eigenvalue weighted by Gasteiger charge is 2.18. The zero-order valence-electron chi connectivity index (χ0n) is 11.4. The van der Waals surface area contributed by atoms with Crippen LogP contribution in [-0.2, 0) is 0 Å². The van der Waals surface area contributed by atoms with Gasteiger partial charge in [0, 0.05) is 18.6 Å². The third kappa shape index (κ3) is 3.01. The average Bonchev–Trinajstić information content (AvgIpc) is 2.48. The number of hydrogen-bond donors (Lipinski definition) is 2. The van der Waals surface area contributed by atoms with Gasteiger partial charge in [0.15, 0.2) is 11.5 Å². The van der Waals surface area contributed by atoms with Crippen LogP contribution in [0.2, 0.25) is 0 Å². The number of piperidine rings is 1. The number of ether oxygens (including phenoxy) is 2. The molecule has 0 saturated carbocycles. The fourth-order valence-electron chi connectivity index (χ4n) is 2.77. The van der Waals surface area contributed by atoms with E-state index in [4.69, 9.17) is 9.47 Å². The Morgan fingerprint density at radius 1 is 1.26 bits per heavy atom. The summed E-state index contributed by atoms with van der Waals surface area (Å²) in [7, 11) is 0. The first-order valence-electron chi connectivity index (χ1n) is 7.19. The number of rotatable bonds is 3. The Morgan fingerprint density at radius 3 is 2.89 bits per heavy atom. The SMILES string of the molecule is CC(NC1CCCNC1)c1ccc2c(c1)OCCO2. The van der Waals surface area contributed by atoms with Gasteiger partial charge < -0.3 is 20.1 Å². The van der Waals surface area contributed by atoms with Gasteiger partial charge in [0.2, 0.25) is 0 Å². The summed E-state index contributed by atoms with van der Waals surface area (Å²) in [5.74, 6) is 1.74. The molecule has 2 aliphatic rings. The molecule has 2 aliphatic heterocycles. The molecule has 2 atom stereocenters. The van der Waals surface area contributed by atoms with E-state index in [-0.39, 0.29) is 0 Å². The summed E-state index contributed by atoms with van der Waals surface area (Å²) in [4.78, 5) is 0. The van der Waals surface area contributed by atoms with Crippen molar-refractivity contribution in [3.63, 3.8) is 0 Å². The lowest BCUT2D eigenvalue weighted by Gasteiger charge is -2.28. The maximum absolute atomic E-state index is 5.64. The second-order valence-corrected chi connectivity index (χ2v) is 5.33. The van der Waals surface area contributed by atoms with Crippen molar-refractivity contribution in [3.8, 4) is 11.5 Å². The molecule has 2 heterocycles. The van der Waals surface area contributed by atoms with Gasteiger partial charge >= 0.3 is 0 Å². The Bertz CT molecular complexity index is 430. The van der Waals surface area contributed by atoms with Crippen molar-refractivity contribution in [3.05, 3.63) is 23.8 Å². The molecule has 0 amide bonds. The minimum absolute atomic E-state index is 0.334. The summed E-state index contributed by atoms with van der Waals surface area (Å²) >= 11 is 0. The van der Waals surface area contributed by atoms with E-state index in [0.29, 0.717) is 25.3 Å². The van der Waals surface area contributed by atoms with E-state index < -0.39 is 0 Å². The topological polar surface area (TPSA) is 42.5 Å². The highest BCUT2D eigenvalue weighted by atomic mass is 16.6. The lowest BCUT2D eigenvalue weighted by Crippen LogP contribution is -2.43. The van der Waals surface area contributed by atoms with E-state index in [1.807, 2.05) is 6.07 Å². The summed E-state index contributed by atoms with van der Waals surface area (Å²) in [5, 5.41) is 7.12. The average molecular weight is 262 g/mol. The van der Waals surface area contributed by atoms with Gasteiger partial charge in [-0.1, -0.05) is 6.07 Å². The van der Waals surface area contributed by atoms with Crippen LogP contribution in [0.3, 0.4) is 0 Å². The summed E-state index contributed by atoms with van der Waals surface area (Å²) < 4.78 is 11.2. The third-order valence-corrected chi connectivity index (χ3v) is 3.85. The van der Waals surface area contributed by atoms with E-state index in [1.54, 1.807) is 0 Å². The van der Waals surface area contributed by atoms with Crippen LogP contribution in [-0.4, -0.2) is 32.3 Å². The molecule has 2 N–H and O–H groups in total. The quantitative estimate of drug-likeness (QED) is 0.872. The molecule has 1 fully saturated rings. The van der Waals surface area contributed by atoms with E-state index in [9.17, 15) is 0 Å². The number of hydrogen-bond acceptors (Lipinski definition) is 4. The molecule has 0 aromatic heterocycles. The monoisotopic (exact) mass is 262 g/mol. The van der Waals surface area contributed by atoms with Crippen molar-refractivity contribution in [2.75, 3.05) is 26.3 Å². The first-order valence-corrected chi connectivity index (χ1v) is 7.19. The predicted octanol–water partition coefficient (Wildman–Crippen LogP) is 1.86. The molecule has 19 heavy (non-hydrogen) atoms. The van der Waals surface area contributed by atoms with E-state index >= 15 is 0 Å². The first kappa shape index (κ1) is 12.8. The minimum Gasteiger partial charge on any atom is -0.486 e. The van der Waals surface area contributed by atoms with Crippen molar-refractivity contribution in [1.82, 2.24) is 10.6 Å². The van der Waals surface area contributed by atoms with E-state index in [1.165, 1.54) is 18.4 Å². The van der Waals surface area contributed by atoms with Crippen LogP contribution in [0.25, 0.3) is 0 Å². The second kappa shape index (κ2) is 5.80. The van der Waals surface area contributed by atoms with Crippen molar-refractivity contribution in [2.24, 2.45) is 0 Å². The summed E-state index contributed by atoms with van der Waals surface area (Å²) in [6.45, 7) is 5.71. The van der Waals surface area contributed by atoms with Crippen LogP contribution >= 0.6 is 0 Å². The van der Waals surface area contributed by atoms with Crippen LogP contribution in [0.5, 0.6) is 11.5 Å². The Labute approximate surface area is 114 Å². The summed E-state index contributed by atoms with van der Waals surface area (Å²) in [6.07, 6.45) is 2.51. The molecule has 1 aromatic rings. The lowest BCUT2D eigenvalue weighted by atomic mass is 10.0. The van der Waals surface area contributed by atoms with Gasteiger partial charge in [0.1, 0.15) is 13.2 Å². The Balaban J connectivity index is 1.67. The minimum atomic E-state index is 0.334. The largest absolute Gasteiger partial charge is 0.486 e. The van der Waals surface area contributed by atoms with Gasteiger partial charge in [-0.3, -0.25) is 0 Å². The zero-order valence-corrected chi connectivity index (χ0v) is 11.4. The highest BCUT2D eigenvalue weighted by molar-refractivity contribution is 5.44. The van der Waals surface area contributed by atoms with Crippen LogP contribution < -0.4 is 20.1 Å². The lowest BCUT2D eigenvalue weighted by molar-refractivity contribution is 0.171. The van der Waals surface area contributed by atoms with Gasteiger partial charge in [-0.05, 0) is 44.0 Å². The van der Waals surface area contributed by atoms with Crippen molar-refractivity contribution in [1.29, 1.82) is 0 Å². The number of nitrogens with one attached hydrogen (secondary N) is 2. The Kier molecular flexibility index (Phi) is 3.89. The Hall–Kier alpha value is -1.26. The molecule has 2 unspecified atom stereocenters. The molecular formula is C15H22N2O2. The molecule has 4 heteroatoms. The van der Waals surface area contributed by atoms with Crippen LogP contribution in [0.4, 0.5) is 0 Å². The maximum atomic E-state index is 5.64. The fourth-order valence-corrected chi connectivity index (χ4v) is 2.77.